The molecule has 1 atom stereocenters. The summed E-state index contributed by atoms with van der Waals surface area (Å²) in [5.74, 6) is 0.154. The number of nitrogens with zero attached hydrogens (tertiary/aromatic N) is 1. The molecule has 1 amide bonds. The van der Waals surface area contributed by atoms with Crippen molar-refractivity contribution in [3.05, 3.63) is 20.8 Å². The number of aliphatic hydroxyl groups excluding tert-OH is 1. The molecule has 0 aliphatic carbocycles. The lowest BCUT2D eigenvalue weighted by Crippen LogP contribution is -2.54. The third-order valence-corrected chi connectivity index (χ3v) is 5.03. The smallest absolute Gasteiger partial charge is 0.228 e. The van der Waals surface area contributed by atoms with Crippen LogP contribution in [0.4, 0.5) is 0 Å². The number of halogens is 1. The maximum absolute atomic E-state index is 12.3. The topological polar surface area (TPSA) is 40.5 Å². The van der Waals surface area contributed by atoms with E-state index in [0.29, 0.717) is 25.8 Å². The summed E-state index contributed by atoms with van der Waals surface area (Å²) in [7, 11) is 0. The Balaban J connectivity index is 2.04. The zero-order chi connectivity index (χ0) is 13.3. The zero-order valence-electron chi connectivity index (χ0n) is 10.6. The molecule has 0 spiro atoms. The molecule has 3 nitrogen and oxygen atoms in total. The van der Waals surface area contributed by atoms with Crippen LogP contribution < -0.4 is 0 Å². The van der Waals surface area contributed by atoms with E-state index in [1.54, 1.807) is 11.3 Å². The highest BCUT2D eigenvalue weighted by Gasteiger charge is 2.36. The van der Waals surface area contributed by atoms with Crippen molar-refractivity contribution in [1.29, 1.82) is 0 Å². The number of rotatable bonds is 2. The van der Waals surface area contributed by atoms with Crippen LogP contribution in [0, 0.1) is 0 Å². The summed E-state index contributed by atoms with van der Waals surface area (Å²) in [4.78, 5) is 15.3. The molecule has 5 heteroatoms. The standard InChI is InChI=1S/C13H18BrNO2S/c1-13(2)8-9(16)5-6-15(13)12(17)7-10-3-4-11(14)18-10/h3-4,9,16H,5-8H2,1-2H3. The van der Waals surface area contributed by atoms with Crippen LogP contribution in [0.25, 0.3) is 0 Å². The molecule has 1 aliphatic heterocycles. The third-order valence-electron chi connectivity index (χ3n) is 3.41. The van der Waals surface area contributed by atoms with Gasteiger partial charge < -0.3 is 10.0 Å². The van der Waals surface area contributed by atoms with Crippen LogP contribution in [-0.2, 0) is 11.2 Å². The molecule has 1 aromatic rings. The average Bonchev–Trinajstić information content (AvgIpc) is 2.61. The molecule has 0 radical (unpaired) electrons. The molecule has 1 aromatic heterocycles. The molecule has 0 bridgehead atoms. The number of thiophene rings is 1. The summed E-state index contributed by atoms with van der Waals surface area (Å²) in [6, 6.07) is 3.96. The molecule has 1 saturated heterocycles. The average molecular weight is 332 g/mol. The molecule has 100 valence electrons. The van der Waals surface area contributed by atoms with Crippen molar-refractivity contribution >= 4 is 33.2 Å². The van der Waals surface area contributed by atoms with Gasteiger partial charge in [-0.2, -0.15) is 0 Å². The Morgan fingerprint density at radius 3 is 2.89 bits per heavy atom. The molecule has 1 fully saturated rings. The highest BCUT2D eigenvalue weighted by molar-refractivity contribution is 9.11. The Morgan fingerprint density at radius 1 is 1.61 bits per heavy atom. The lowest BCUT2D eigenvalue weighted by molar-refractivity contribution is -0.140. The first-order chi connectivity index (χ1) is 8.38. The number of aliphatic hydroxyl groups is 1. The quantitative estimate of drug-likeness (QED) is 0.905. The van der Waals surface area contributed by atoms with Crippen LogP contribution in [0.15, 0.2) is 15.9 Å². The summed E-state index contributed by atoms with van der Waals surface area (Å²) >= 11 is 5.01. The van der Waals surface area contributed by atoms with Crippen LogP contribution in [0.2, 0.25) is 0 Å². The molecule has 0 saturated carbocycles. The van der Waals surface area contributed by atoms with Crippen molar-refractivity contribution in [2.24, 2.45) is 0 Å². The summed E-state index contributed by atoms with van der Waals surface area (Å²) in [5, 5.41) is 9.70. The highest BCUT2D eigenvalue weighted by atomic mass is 79.9. The van der Waals surface area contributed by atoms with Crippen molar-refractivity contribution in [2.75, 3.05) is 6.54 Å². The van der Waals surface area contributed by atoms with Gasteiger partial charge in [0.2, 0.25) is 5.91 Å². The minimum Gasteiger partial charge on any atom is -0.393 e. The monoisotopic (exact) mass is 331 g/mol. The van der Waals surface area contributed by atoms with Crippen LogP contribution in [0.5, 0.6) is 0 Å². The van der Waals surface area contributed by atoms with Crippen molar-refractivity contribution in [1.82, 2.24) is 4.90 Å². The van der Waals surface area contributed by atoms with Crippen molar-refractivity contribution < 1.29 is 9.90 Å². The molecule has 0 aromatic carbocycles. The van der Waals surface area contributed by atoms with Crippen LogP contribution >= 0.6 is 27.3 Å². The Kier molecular flexibility index (Phi) is 4.14. The van der Waals surface area contributed by atoms with E-state index in [0.717, 1.165) is 8.66 Å². The van der Waals surface area contributed by atoms with Gasteiger partial charge in [0.15, 0.2) is 0 Å². The normalized spacial score (nSPS) is 23.1. The van der Waals surface area contributed by atoms with E-state index >= 15 is 0 Å². The van der Waals surface area contributed by atoms with E-state index in [-0.39, 0.29) is 17.6 Å². The molecule has 1 aliphatic rings. The summed E-state index contributed by atoms with van der Waals surface area (Å²) in [6.07, 6.45) is 1.52. The van der Waals surface area contributed by atoms with Crippen LogP contribution in [-0.4, -0.2) is 34.1 Å². The van der Waals surface area contributed by atoms with Crippen LogP contribution in [0.3, 0.4) is 0 Å². The fourth-order valence-electron chi connectivity index (χ4n) is 2.52. The van der Waals surface area contributed by atoms with Gasteiger partial charge in [-0.25, -0.2) is 0 Å². The van der Waals surface area contributed by atoms with Gasteiger partial charge in [-0.05, 0) is 54.8 Å². The largest absolute Gasteiger partial charge is 0.393 e. The molecule has 18 heavy (non-hydrogen) atoms. The van der Waals surface area contributed by atoms with Gasteiger partial charge in [-0.1, -0.05) is 0 Å². The Hall–Kier alpha value is -0.390. The first-order valence-electron chi connectivity index (χ1n) is 6.11. The predicted octanol–water partition coefficient (Wildman–Crippen LogP) is 2.82. The second-order valence-electron chi connectivity index (χ2n) is 5.39. The number of likely N-dealkylation sites (tertiary alicyclic amines) is 1. The second-order valence-corrected chi connectivity index (χ2v) is 7.93. The van der Waals surface area contributed by atoms with Gasteiger partial charge in [0.25, 0.3) is 0 Å². The molecule has 2 heterocycles. The highest BCUT2D eigenvalue weighted by Crippen LogP contribution is 2.29. The lowest BCUT2D eigenvalue weighted by atomic mass is 9.88. The molecular formula is C13H18BrNO2S. The van der Waals surface area contributed by atoms with E-state index in [2.05, 4.69) is 15.9 Å². The Morgan fingerprint density at radius 2 is 2.33 bits per heavy atom. The maximum atomic E-state index is 12.3. The number of piperidine rings is 1. The zero-order valence-corrected chi connectivity index (χ0v) is 13.1. The summed E-state index contributed by atoms with van der Waals surface area (Å²) < 4.78 is 1.05. The van der Waals surface area contributed by atoms with Gasteiger partial charge in [0, 0.05) is 17.0 Å². The van der Waals surface area contributed by atoms with Crippen molar-refractivity contribution in [3.63, 3.8) is 0 Å². The van der Waals surface area contributed by atoms with Crippen molar-refractivity contribution in [2.45, 2.75) is 44.8 Å². The number of amides is 1. The minimum absolute atomic E-state index is 0.154. The maximum Gasteiger partial charge on any atom is 0.228 e. The number of carbonyl (C=O) groups is 1. The van der Waals surface area contributed by atoms with E-state index in [1.807, 2.05) is 30.9 Å². The van der Waals surface area contributed by atoms with Gasteiger partial charge >= 0.3 is 0 Å². The van der Waals surface area contributed by atoms with E-state index in [9.17, 15) is 9.90 Å². The molecular weight excluding hydrogens is 314 g/mol. The van der Waals surface area contributed by atoms with Gasteiger partial charge in [-0.3, -0.25) is 4.79 Å². The number of hydrogen-bond donors (Lipinski definition) is 1. The van der Waals surface area contributed by atoms with Crippen LogP contribution in [0.1, 0.15) is 31.6 Å². The second kappa shape index (κ2) is 5.31. The molecule has 1 unspecified atom stereocenters. The van der Waals surface area contributed by atoms with Crippen molar-refractivity contribution in [3.8, 4) is 0 Å². The molecule has 2 rings (SSSR count). The minimum atomic E-state index is -0.278. The predicted molar refractivity (Wildman–Crippen MR) is 76.8 cm³/mol. The van der Waals surface area contributed by atoms with E-state index < -0.39 is 0 Å². The van der Waals surface area contributed by atoms with E-state index in [4.69, 9.17) is 0 Å². The van der Waals surface area contributed by atoms with Gasteiger partial charge in [0.1, 0.15) is 0 Å². The van der Waals surface area contributed by atoms with Gasteiger partial charge in [-0.15, -0.1) is 11.3 Å². The SMILES string of the molecule is CC1(C)CC(O)CCN1C(=O)Cc1ccc(Br)s1. The summed E-state index contributed by atoms with van der Waals surface area (Å²) in [5.41, 5.74) is -0.247. The Bertz CT molecular complexity index is 444. The summed E-state index contributed by atoms with van der Waals surface area (Å²) in [6.45, 7) is 4.70. The Labute approximate surface area is 120 Å². The fourth-order valence-corrected chi connectivity index (χ4v) is 4.00. The van der Waals surface area contributed by atoms with E-state index in [1.165, 1.54) is 0 Å². The lowest BCUT2D eigenvalue weighted by Gasteiger charge is -2.44. The fraction of sp³-hybridized carbons (Fsp3) is 0.615. The third kappa shape index (κ3) is 3.13. The number of hydrogen-bond acceptors (Lipinski definition) is 3. The first kappa shape index (κ1) is 14.0. The van der Waals surface area contributed by atoms with Gasteiger partial charge in [0.05, 0.1) is 16.3 Å². The number of carbonyl (C=O) groups excluding carboxylic acids is 1. The first-order valence-corrected chi connectivity index (χ1v) is 7.72. The molecule has 1 N–H and O–H groups in total.